The van der Waals surface area contributed by atoms with Gasteiger partial charge in [-0.3, -0.25) is 9.59 Å². The van der Waals surface area contributed by atoms with Gasteiger partial charge >= 0.3 is 0 Å². The summed E-state index contributed by atoms with van der Waals surface area (Å²) in [6.07, 6.45) is 0. The number of carbonyl (C=O) groups excluding carboxylic acids is 1. The summed E-state index contributed by atoms with van der Waals surface area (Å²) in [7, 11) is 1.75. The summed E-state index contributed by atoms with van der Waals surface area (Å²) < 4.78 is 7.23. The molecule has 2 heterocycles. The van der Waals surface area contributed by atoms with Gasteiger partial charge in [-0.15, -0.1) is 0 Å². The molecule has 2 aromatic carbocycles. The van der Waals surface area contributed by atoms with Crippen LogP contribution in [0.15, 0.2) is 53.3 Å². The van der Waals surface area contributed by atoms with Crippen molar-refractivity contribution in [3.63, 3.8) is 0 Å². The predicted octanol–water partition coefficient (Wildman–Crippen LogP) is 3.79. The lowest BCUT2D eigenvalue weighted by molar-refractivity contribution is 0.0993. The lowest BCUT2D eigenvalue weighted by atomic mass is 10.1. The van der Waals surface area contributed by atoms with E-state index in [1.807, 2.05) is 25.1 Å². The van der Waals surface area contributed by atoms with E-state index in [0.29, 0.717) is 30.3 Å². The van der Waals surface area contributed by atoms with Crippen LogP contribution in [0.3, 0.4) is 0 Å². The molecule has 6 nitrogen and oxygen atoms in total. The molecule has 0 unspecified atom stereocenters. The predicted molar refractivity (Wildman–Crippen MR) is 121 cm³/mol. The molecule has 4 rings (SSSR count). The number of carbonyl (C=O) groups is 1. The molecule has 0 aliphatic carbocycles. The highest BCUT2D eigenvalue weighted by molar-refractivity contribution is 6.30. The van der Waals surface area contributed by atoms with E-state index in [-0.39, 0.29) is 11.5 Å². The zero-order valence-corrected chi connectivity index (χ0v) is 17.9. The average molecular weight is 426 g/mol. The van der Waals surface area contributed by atoms with Crippen molar-refractivity contribution < 1.29 is 9.53 Å². The fourth-order valence-corrected chi connectivity index (χ4v) is 3.99. The van der Waals surface area contributed by atoms with E-state index < -0.39 is 0 Å². The molecule has 3 aromatic rings. The van der Waals surface area contributed by atoms with Gasteiger partial charge in [0, 0.05) is 54.4 Å². The van der Waals surface area contributed by atoms with Gasteiger partial charge in [-0.05, 0) is 49.4 Å². The van der Waals surface area contributed by atoms with Gasteiger partial charge in [-0.1, -0.05) is 11.6 Å². The van der Waals surface area contributed by atoms with Crippen molar-refractivity contribution in [1.82, 2.24) is 4.57 Å². The molecule has 0 saturated carbocycles. The van der Waals surface area contributed by atoms with Crippen LogP contribution in [0.1, 0.15) is 17.3 Å². The second-order valence-electron chi connectivity index (χ2n) is 7.28. The van der Waals surface area contributed by atoms with E-state index in [0.717, 1.165) is 35.4 Å². The molecular weight excluding hydrogens is 402 g/mol. The fourth-order valence-electron chi connectivity index (χ4n) is 3.86. The highest BCUT2D eigenvalue weighted by Crippen LogP contribution is 2.30. The van der Waals surface area contributed by atoms with E-state index in [4.69, 9.17) is 16.3 Å². The van der Waals surface area contributed by atoms with Crippen molar-refractivity contribution in [2.24, 2.45) is 0 Å². The molecule has 1 saturated heterocycles. The molecule has 7 heteroatoms. The topological polar surface area (TPSA) is 54.8 Å². The molecule has 156 valence electrons. The largest absolute Gasteiger partial charge is 0.378 e. The van der Waals surface area contributed by atoms with Crippen LogP contribution < -0.4 is 15.4 Å². The Labute approximate surface area is 180 Å². The Bertz CT molecular complexity index is 1130. The third-order valence-electron chi connectivity index (χ3n) is 5.52. The van der Waals surface area contributed by atoms with Crippen molar-refractivity contribution in [2.45, 2.75) is 13.5 Å². The number of aryl methyl sites for hydroxylation is 1. The Kier molecular flexibility index (Phi) is 5.79. The Balaban J connectivity index is 1.80. The van der Waals surface area contributed by atoms with Gasteiger partial charge in [-0.2, -0.15) is 0 Å². The van der Waals surface area contributed by atoms with Gasteiger partial charge in [0.1, 0.15) is 0 Å². The number of anilines is 2. The number of nitrogens with zero attached hydrogens (tertiary/aromatic N) is 3. The molecule has 1 aromatic heterocycles. The minimum Gasteiger partial charge on any atom is -0.378 e. The molecule has 1 fully saturated rings. The first-order valence-corrected chi connectivity index (χ1v) is 10.4. The van der Waals surface area contributed by atoms with E-state index in [1.165, 1.54) is 0 Å². The Morgan fingerprint density at radius 1 is 1.10 bits per heavy atom. The van der Waals surface area contributed by atoms with Gasteiger partial charge < -0.3 is 19.1 Å². The number of hydrogen-bond donors (Lipinski definition) is 0. The summed E-state index contributed by atoms with van der Waals surface area (Å²) in [5.74, 6) is -0.122. The van der Waals surface area contributed by atoms with Crippen molar-refractivity contribution >= 4 is 39.8 Å². The fraction of sp³-hybridized carbons (Fsp3) is 0.304. The highest BCUT2D eigenvalue weighted by Gasteiger charge is 2.19. The highest BCUT2D eigenvalue weighted by atomic mass is 35.5. The first-order chi connectivity index (χ1) is 14.5. The van der Waals surface area contributed by atoms with Crippen LogP contribution in [0.5, 0.6) is 0 Å². The minimum atomic E-state index is -0.122. The number of benzene rings is 2. The number of aromatic nitrogens is 1. The molecule has 30 heavy (non-hydrogen) atoms. The summed E-state index contributed by atoms with van der Waals surface area (Å²) in [6, 6.07) is 14.3. The Hall–Kier alpha value is -2.83. The Morgan fingerprint density at radius 2 is 1.80 bits per heavy atom. The van der Waals surface area contributed by atoms with Crippen molar-refractivity contribution in [2.75, 3.05) is 43.2 Å². The molecule has 0 N–H and O–H groups in total. The van der Waals surface area contributed by atoms with Gasteiger partial charge in [-0.25, -0.2) is 0 Å². The molecule has 0 radical (unpaired) electrons. The number of ether oxygens (including phenoxy) is 1. The average Bonchev–Trinajstić information content (AvgIpc) is 2.78. The van der Waals surface area contributed by atoms with Gasteiger partial charge in [0.25, 0.3) is 11.5 Å². The van der Waals surface area contributed by atoms with Crippen LogP contribution in [0.4, 0.5) is 11.4 Å². The van der Waals surface area contributed by atoms with Crippen molar-refractivity contribution in [3.8, 4) is 0 Å². The van der Waals surface area contributed by atoms with Gasteiger partial charge in [0.15, 0.2) is 0 Å². The maximum atomic E-state index is 13.0. The van der Waals surface area contributed by atoms with Crippen LogP contribution in [0.25, 0.3) is 10.9 Å². The third kappa shape index (κ3) is 3.80. The molecule has 0 bridgehead atoms. The van der Waals surface area contributed by atoms with Crippen molar-refractivity contribution in [3.05, 3.63) is 69.5 Å². The molecule has 1 aliphatic heterocycles. The number of hydrogen-bond acceptors (Lipinski definition) is 4. The number of halogens is 1. The minimum absolute atomic E-state index is 0.0233. The normalized spacial score (nSPS) is 14.2. The smallest absolute Gasteiger partial charge is 0.258 e. The summed E-state index contributed by atoms with van der Waals surface area (Å²) in [4.78, 5) is 29.5. The maximum absolute atomic E-state index is 13.0. The van der Waals surface area contributed by atoms with Crippen molar-refractivity contribution in [1.29, 1.82) is 0 Å². The van der Waals surface area contributed by atoms with Crippen LogP contribution in [0, 0.1) is 0 Å². The van der Waals surface area contributed by atoms with Gasteiger partial charge in [0.05, 0.1) is 24.4 Å². The Morgan fingerprint density at radius 3 is 2.47 bits per heavy atom. The molecular formula is C23H24ClN3O3. The number of morpholine rings is 1. The summed E-state index contributed by atoms with van der Waals surface area (Å²) in [5.41, 5.74) is 3.05. The molecule has 1 amide bonds. The van der Waals surface area contributed by atoms with Crippen LogP contribution >= 0.6 is 11.6 Å². The number of fused-ring (bicyclic) bond motifs is 1. The molecule has 0 spiro atoms. The lowest BCUT2D eigenvalue weighted by Gasteiger charge is -2.30. The molecule has 1 aliphatic rings. The van der Waals surface area contributed by atoms with Crippen LogP contribution in [-0.2, 0) is 11.3 Å². The summed E-state index contributed by atoms with van der Waals surface area (Å²) >= 11 is 5.94. The van der Waals surface area contributed by atoms with Gasteiger partial charge in [0.2, 0.25) is 0 Å². The summed E-state index contributed by atoms with van der Waals surface area (Å²) in [6.45, 7) is 5.26. The zero-order valence-electron chi connectivity index (χ0n) is 17.1. The number of rotatable bonds is 4. The quantitative estimate of drug-likeness (QED) is 0.638. The zero-order chi connectivity index (χ0) is 21.3. The SMILES string of the molecule is CCn1c(=O)cc(N2CCOCC2)c2cc(N(C)C(=O)c3ccc(Cl)cc3)ccc21. The lowest BCUT2D eigenvalue weighted by Crippen LogP contribution is -2.37. The maximum Gasteiger partial charge on any atom is 0.258 e. The standard InChI is InChI=1S/C23H24ClN3O3/c1-3-27-20-9-8-18(25(2)23(29)16-4-6-17(24)7-5-16)14-19(20)21(15-22(27)28)26-10-12-30-13-11-26/h4-9,14-15H,3,10-13H2,1-2H3. The van der Waals surface area contributed by atoms with Crippen LogP contribution in [0.2, 0.25) is 5.02 Å². The monoisotopic (exact) mass is 425 g/mol. The third-order valence-corrected chi connectivity index (χ3v) is 5.78. The first-order valence-electron chi connectivity index (χ1n) is 10.0. The van der Waals surface area contributed by atoms with E-state index >= 15 is 0 Å². The number of pyridine rings is 1. The van der Waals surface area contributed by atoms with E-state index in [1.54, 1.807) is 46.8 Å². The van der Waals surface area contributed by atoms with E-state index in [9.17, 15) is 9.59 Å². The second kappa shape index (κ2) is 8.50. The number of amides is 1. The second-order valence-corrected chi connectivity index (χ2v) is 7.72. The van der Waals surface area contributed by atoms with E-state index in [2.05, 4.69) is 4.90 Å². The van der Waals surface area contributed by atoms with Crippen LogP contribution in [-0.4, -0.2) is 43.8 Å². The summed E-state index contributed by atoms with van der Waals surface area (Å²) in [5, 5.41) is 1.54. The molecule has 0 atom stereocenters. The first kappa shape index (κ1) is 20.4.